The van der Waals surface area contributed by atoms with Crippen molar-refractivity contribution in [3.63, 3.8) is 0 Å². The summed E-state index contributed by atoms with van der Waals surface area (Å²) in [7, 11) is 1.47. The third-order valence-corrected chi connectivity index (χ3v) is 5.69. The highest BCUT2D eigenvalue weighted by Gasteiger charge is 2.44. The van der Waals surface area contributed by atoms with E-state index in [1.807, 2.05) is 30.3 Å². The molecule has 0 aliphatic carbocycles. The van der Waals surface area contributed by atoms with Crippen molar-refractivity contribution < 1.29 is 42.9 Å². The number of carbonyl (C=O) groups is 5. The summed E-state index contributed by atoms with van der Waals surface area (Å²) in [5, 5.41) is 0. The molecule has 0 saturated carbocycles. The van der Waals surface area contributed by atoms with Crippen molar-refractivity contribution in [2.24, 2.45) is 0 Å². The van der Waals surface area contributed by atoms with Crippen molar-refractivity contribution >= 4 is 35.4 Å². The van der Waals surface area contributed by atoms with Crippen LogP contribution in [0.4, 0.5) is 5.69 Å². The van der Waals surface area contributed by atoms with Crippen LogP contribution in [0.1, 0.15) is 43.6 Å². The highest BCUT2D eigenvalue weighted by atomic mass is 16.6. The average Bonchev–Trinajstić information content (AvgIpc) is 2.90. The van der Waals surface area contributed by atoms with Gasteiger partial charge in [0.05, 0.1) is 6.61 Å². The second kappa shape index (κ2) is 13.2. The zero-order chi connectivity index (χ0) is 29.4. The second-order valence-electron chi connectivity index (χ2n) is 10.2. The van der Waals surface area contributed by atoms with Gasteiger partial charge in [-0.05, 0) is 44.5 Å². The molecule has 0 unspecified atom stereocenters. The molecule has 1 saturated heterocycles. The van der Waals surface area contributed by atoms with Gasteiger partial charge in [0.15, 0.2) is 6.10 Å². The topological polar surface area (TPSA) is 129 Å². The molecule has 2 atom stereocenters. The van der Waals surface area contributed by atoms with E-state index < -0.39 is 47.5 Å². The van der Waals surface area contributed by atoms with E-state index >= 15 is 0 Å². The summed E-state index contributed by atoms with van der Waals surface area (Å²) in [5.74, 6) is -3.34. The number of esters is 3. The SMILES string of the molecule is CC(=O)O[C@@H](C(=O)OC(C)(C)C)[C@H]1OCCN(c2cccc(C(=O)N(C)CC(=O)OCc3ccccc3)c2)C1=O. The smallest absolute Gasteiger partial charge is 0.351 e. The number of amides is 2. The summed E-state index contributed by atoms with van der Waals surface area (Å²) >= 11 is 0. The van der Waals surface area contributed by atoms with Crippen LogP contribution >= 0.6 is 0 Å². The number of benzene rings is 2. The number of hydrogen-bond donors (Lipinski definition) is 0. The highest BCUT2D eigenvalue weighted by molar-refractivity contribution is 6.02. The quantitative estimate of drug-likeness (QED) is 0.339. The Labute approximate surface area is 232 Å². The van der Waals surface area contributed by atoms with Crippen molar-refractivity contribution in [3.8, 4) is 0 Å². The first-order chi connectivity index (χ1) is 18.9. The first-order valence-corrected chi connectivity index (χ1v) is 12.7. The minimum absolute atomic E-state index is 0.0439. The zero-order valence-corrected chi connectivity index (χ0v) is 23.2. The van der Waals surface area contributed by atoms with Crippen molar-refractivity contribution in [3.05, 3.63) is 65.7 Å². The standard InChI is InChI=1S/C29H34N2O9/c1-19(32)39-25(28(36)40-29(2,3)4)24-27(35)31(14-15-37-24)22-13-9-12-21(16-22)26(34)30(5)17-23(33)38-18-20-10-7-6-8-11-20/h6-13,16,24-25H,14-15,17-18H2,1-5H3/t24-,25-/m1/s1. The molecule has 40 heavy (non-hydrogen) atoms. The number of hydrogen-bond acceptors (Lipinski definition) is 9. The van der Waals surface area contributed by atoms with Crippen molar-refractivity contribution in [2.75, 3.05) is 31.6 Å². The molecule has 1 aliphatic rings. The first kappa shape index (κ1) is 30.3. The van der Waals surface area contributed by atoms with Crippen LogP contribution in [-0.4, -0.2) is 79.2 Å². The number of rotatable bonds is 9. The molecule has 214 valence electrons. The Morgan fingerprint density at radius 3 is 2.42 bits per heavy atom. The van der Waals surface area contributed by atoms with E-state index in [1.54, 1.807) is 39.0 Å². The fourth-order valence-electron chi connectivity index (χ4n) is 3.93. The van der Waals surface area contributed by atoms with E-state index in [4.69, 9.17) is 18.9 Å². The van der Waals surface area contributed by atoms with Crippen LogP contribution in [0.25, 0.3) is 0 Å². The van der Waals surface area contributed by atoms with Gasteiger partial charge in [0, 0.05) is 31.8 Å². The monoisotopic (exact) mass is 554 g/mol. The average molecular weight is 555 g/mol. The molecule has 0 N–H and O–H groups in total. The maximum atomic E-state index is 13.4. The Kier molecular flexibility index (Phi) is 10.0. The van der Waals surface area contributed by atoms with E-state index in [1.165, 1.54) is 22.9 Å². The summed E-state index contributed by atoms with van der Waals surface area (Å²) in [6.07, 6.45) is -3.04. The summed E-state index contributed by atoms with van der Waals surface area (Å²) in [4.78, 5) is 65.8. The maximum Gasteiger partial charge on any atom is 0.351 e. The summed E-state index contributed by atoms with van der Waals surface area (Å²) < 4.78 is 21.3. The van der Waals surface area contributed by atoms with Gasteiger partial charge in [-0.2, -0.15) is 0 Å². The molecule has 0 spiro atoms. The van der Waals surface area contributed by atoms with Crippen LogP contribution in [0.2, 0.25) is 0 Å². The number of morpholine rings is 1. The van der Waals surface area contributed by atoms with Gasteiger partial charge in [-0.15, -0.1) is 0 Å². The number of ether oxygens (including phenoxy) is 4. The van der Waals surface area contributed by atoms with Crippen LogP contribution in [0.5, 0.6) is 0 Å². The van der Waals surface area contributed by atoms with Gasteiger partial charge in [0.1, 0.15) is 18.8 Å². The van der Waals surface area contributed by atoms with Gasteiger partial charge < -0.3 is 28.7 Å². The van der Waals surface area contributed by atoms with E-state index in [2.05, 4.69) is 0 Å². The molecule has 2 amide bonds. The normalized spacial score (nSPS) is 16.1. The molecule has 0 radical (unpaired) electrons. The predicted molar refractivity (Wildman–Crippen MR) is 143 cm³/mol. The third-order valence-electron chi connectivity index (χ3n) is 5.69. The Balaban J connectivity index is 1.71. The fraction of sp³-hybridized carbons (Fsp3) is 0.414. The van der Waals surface area contributed by atoms with Gasteiger partial charge in [-0.25, -0.2) is 4.79 Å². The molecule has 11 nitrogen and oxygen atoms in total. The van der Waals surface area contributed by atoms with Crippen LogP contribution in [0.15, 0.2) is 54.6 Å². The Morgan fingerprint density at radius 2 is 1.77 bits per heavy atom. The number of likely N-dealkylation sites (N-methyl/N-ethyl adjacent to an activating group) is 1. The molecule has 2 aromatic rings. The van der Waals surface area contributed by atoms with Crippen LogP contribution in [0, 0.1) is 0 Å². The second-order valence-corrected chi connectivity index (χ2v) is 10.2. The lowest BCUT2D eigenvalue weighted by Gasteiger charge is -2.35. The largest absolute Gasteiger partial charge is 0.459 e. The molecular weight excluding hydrogens is 520 g/mol. The van der Waals surface area contributed by atoms with Gasteiger partial charge >= 0.3 is 17.9 Å². The van der Waals surface area contributed by atoms with Gasteiger partial charge in [-0.1, -0.05) is 36.4 Å². The van der Waals surface area contributed by atoms with Crippen molar-refractivity contribution in [1.82, 2.24) is 4.90 Å². The molecule has 1 fully saturated rings. The molecule has 11 heteroatoms. The Bertz CT molecular complexity index is 1240. The molecule has 1 heterocycles. The third kappa shape index (κ3) is 8.37. The van der Waals surface area contributed by atoms with E-state index in [0.717, 1.165) is 12.5 Å². The van der Waals surface area contributed by atoms with Gasteiger partial charge in [0.2, 0.25) is 6.10 Å². The van der Waals surface area contributed by atoms with Gasteiger partial charge in [-0.3, -0.25) is 19.2 Å². The zero-order valence-electron chi connectivity index (χ0n) is 23.2. The number of anilines is 1. The van der Waals surface area contributed by atoms with Gasteiger partial charge in [0.25, 0.3) is 11.8 Å². The maximum absolute atomic E-state index is 13.4. The van der Waals surface area contributed by atoms with E-state index in [9.17, 15) is 24.0 Å². The predicted octanol–water partition coefficient (Wildman–Crippen LogP) is 2.51. The first-order valence-electron chi connectivity index (χ1n) is 12.7. The Morgan fingerprint density at radius 1 is 1.07 bits per heavy atom. The van der Waals surface area contributed by atoms with Crippen LogP contribution < -0.4 is 4.90 Å². The Hall–Kier alpha value is -4.25. The molecule has 1 aliphatic heterocycles. The lowest BCUT2D eigenvalue weighted by Crippen LogP contribution is -2.56. The molecule has 0 bridgehead atoms. The lowest BCUT2D eigenvalue weighted by molar-refractivity contribution is -0.188. The fourth-order valence-corrected chi connectivity index (χ4v) is 3.93. The highest BCUT2D eigenvalue weighted by Crippen LogP contribution is 2.24. The minimum Gasteiger partial charge on any atom is -0.459 e. The van der Waals surface area contributed by atoms with Crippen molar-refractivity contribution in [2.45, 2.75) is 52.1 Å². The summed E-state index contributed by atoms with van der Waals surface area (Å²) in [6, 6.07) is 15.5. The molecule has 0 aromatic heterocycles. The summed E-state index contributed by atoms with van der Waals surface area (Å²) in [5.41, 5.74) is 0.542. The van der Waals surface area contributed by atoms with Crippen molar-refractivity contribution in [1.29, 1.82) is 0 Å². The summed E-state index contributed by atoms with van der Waals surface area (Å²) in [6.45, 7) is 6.06. The van der Waals surface area contributed by atoms with E-state index in [0.29, 0.717) is 5.69 Å². The van der Waals surface area contributed by atoms with Crippen LogP contribution in [0.3, 0.4) is 0 Å². The molecule has 3 rings (SSSR count). The number of carbonyl (C=O) groups excluding carboxylic acids is 5. The lowest BCUT2D eigenvalue weighted by atomic mass is 10.1. The molecular formula is C29H34N2O9. The minimum atomic E-state index is -1.61. The molecule has 2 aromatic carbocycles. The number of nitrogens with zero attached hydrogens (tertiary/aromatic N) is 2. The van der Waals surface area contributed by atoms with Crippen LogP contribution in [-0.2, 0) is 44.7 Å². The van der Waals surface area contributed by atoms with E-state index in [-0.39, 0.29) is 31.9 Å².